The Morgan fingerprint density at radius 1 is 1.04 bits per heavy atom. The van der Waals surface area contributed by atoms with E-state index in [0.717, 1.165) is 27.3 Å². The van der Waals surface area contributed by atoms with Crippen LogP contribution in [0.1, 0.15) is 23.3 Å². The van der Waals surface area contributed by atoms with Gasteiger partial charge in [0.05, 0.1) is 10.8 Å². The number of fused-ring (bicyclic) bond motifs is 3. The van der Waals surface area contributed by atoms with Crippen LogP contribution < -0.4 is 0 Å². The summed E-state index contributed by atoms with van der Waals surface area (Å²) in [4.78, 5) is 12.2. The Kier molecular flexibility index (Phi) is 4.01. The minimum atomic E-state index is -0.298. The molecule has 1 unspecified atom stereocenters. The van der Waals surface area contributed by atoms with E-state index in [1.165, 1.54) is 17.3 Å². The molecule has 0 aliphatic carbocycles. The van der Waals surface area contributed by atoms with E-state index in [1.807, 2.05) is 52.9 Å². The molecule has 2 aromatic carbocycles. The number of carbonyl (C=O) groups excluding carboxylic acids is 1. The molecule has 0 amide bonds. The van der Waals surface area contributed by atoms with Crippen molar-refractivity contribution in [1.29, 1.82) is 0 Å². The van der Waals surface area contributed by atoms with Gasteiger partial charge in [-0.3, -0.25) is 9.20 Å². The quantitative estimate of drug-likeness (QED) is 0.506. The molecule has 0 aliphatic heterocycles. The predicted octanol–water partition coefficient (Wildman–Crippen LogP) is 4.61. The average Bonchev–Trinajstić information content (AvgIpc) is 3.03. The highest BCUT2D eigenvalue weighted by molar-refractivity contribution is 8.00. The molecule has 5 heteroatoms. The highest BCUT2D eigenvalue weighted by Crippen LogP contribution is 2.36. The van der Waals surface area contributed by atoms with Gasteiger partial charge in [-0.25, -0.2) is 0 Å². The van der Waals surface area contributed by atoms with Crippen LogP contribution in [-0.4, -0.2) is 20.4 Å². The summed E-state index contributed by atoms with van der Waals surface area (Å²) in [6.07, 6.45) is 0. The number of hydrogen-bond acceptors (Lipinski definition) is 4. The zero-order chi connectivity index (χ0) is 17.4. The molecule has 2 heterocycles. The van der Waals surface area contributed by atoms with E-state index in [1.54, 1.807) is 6.92 Å². The Morgan fingerprint density at radius 3 is 2.52 bits per heavy atom. The van der Waals surface area contributed by atoms with Crippen LogP contribution in [0.3, 0.4) is 0 Å². The second kappa shape index (κ2) is 6.33. The van der Waals surface area contributed by atoms with Crippen molar-refractivity contribution in [1.82, 2.24) is 14.6 Å². The predicted molar refractivity (Wildman–Crippen MR) is 101 cm³/mol. The Morgan fingerprint density at radius 2 is 1.76 bits per heavy atom. The Balaban J connectivity index is 1.87. The van der Waals surface area contributed by atoms with Gasteiger partial charge in [0.15, 0.2) is 10.8 Å². The van der Waals surface area contributed by atoms with Crippen LogP contribution in [0, 0.1) is 6.92 Å². The molecule has 25 heavy (non-hydrogen) atoms. The van der Waals surface area contributed by atoms with Crippen molar-refractivity contribution >= 4 is 34.1 Å². The molecule has 0 aliphatic rings. The third kappa shape index (κ3) is 2.81. The van der Waals surface area contributed by atoms with Crippen LogP contribution in [0.4, 0.5) is 0 Å². The van der Waals surface area contributed by atoms with Crippen LogP contribution in [0.15, 0.2) is 65.8 Å². The number of pyridine rings is 1. The van der Waals surface area contributed by atoms with Gasteiger partial charge in [0.2, 0.25) is 0 Å². The second-order valence-electron chi connectivity index (χ2n) is 6.04. The fourth-order valence-electron chi connectivity index (χ4n) is 3.07. The first-order chi connectivity index (χ1) is 12.1. The molecule has 0 saturated carbocycles. The lowest BCUT2D eigenvalue weighted by molar-refractivity contribution is -0.116. The molecule has 0 N–H and O–H groups in total. The summed E-state index contributed by atoms with van der Waals surface area (Å²) < 4.78 is 2.03. The number of aryl methyl sites for hydroxylation is 1. The SMILES string of the molecule is CC(=O)C(Sc1nnc2cc(C)c3ccccc3n12)c1ccccc1. The molecular formula is C20H17N3OS. The first-order valence-corrected chi connectivity index (χ1v) is 8.98. The summed E-state index contributed by atoms with van der Waals surface area (Å²) >= 11 is 1.45. The van der Waals surface area contributed by atoms with Crippen LogP contribution >= 0.6 is 11.8 Å². The smallest absolute Gasteiger partial charge is 0.197 e. The Labute approximate surface area is 149 Å². The number of thioether (sulfide) groups is 1. The fraction of sp³-hybridized carbons (Fsp3) is 0.150. The molecule has 0 fully saturated rings. The van der Waals surface area contributed by atoms with E-state index in [2.05, 4.69) is 29.3 Å². The topological polar surface area (TPSA) is 47.3 Å². The fourth-order valence-corrected chi connectivity index (χ4v) is 4.13. The Bertz CT molecular complexity index is 1070. The number of carbonyl (C=O) groups is 1. The normalized spacial score (nSPS) is 12.6. The second-order valence-corrected chi connectivity index (χ2v) is 7.11. The molecule has 124 valence electrons. The van der Waals surface area contributed by atoms with E-state index in [4.69, 9.17) is 0 Å². The number of nitrogens with zero attached hydrogens (tertiary/aromatic N) is 3. The maximum absolute atomic E-state index is 12.2. The van der Waals surface area contributed by atoms with E-state index in [0.29, 0.717) is 0 Å². The van der Waals surface area contributed by atoms with Gasteiger partial charge in [-0.1, -0.05) is 60.3 Å². The van der Waals surface area contributed by atoms with Crippen LogP contribution in [-0.2, 0) is 4.79 Å². The number of aromatic nitrogens is 3. The van der Waals surface area contributed by atoms with E-state index in [-0.39, 0.29) is 11.0 Å². The van der Waals surface area contributed by atoms with Crippen LogP contribution in [0.5, 0.6) is 0 Å². The molecule has 4 aromatic rings. The van der Waals surface area contributed by atoms with Crippen molar-refractivity contribution in [2.24, 2.45) is 0 Å². The van der Waals surface area contributed by atoms with E-state index in [9.17, 15) is 4.79 Å². The zero-order valence-corrected chi connectivity index (χ0v) is 14.8. The third-order valence-electron chi connectivity index (χ3n) is 4.27. The van der Waals surface area contributed by atoms with Gasteiger partial charge in [-0.2, -0.15) is 0 Å². The summed E-state index contributed by atoms with van der Waals surface area (Å²) in [6.45, 7) is 3.70. The van der Waals surface area contributed by atoms with E-state index < -0.39 is 0 Å². The summed E-state index contributed by atoms with van der Waals surface area (Å²) in [6, 6.07) is 20.0. The lowest BCUT2D eigenvalue weighted by Crippen LogP contribution is -2.06. The molecular weight excluding hydrogens is 330 g/mol. The molecule has 1 atom stereocenters. The highest BCUT2D eigenvalue weighted by Gasteiger charge is 2.22. The molecule has 2 aromatic heterocycles. The number of rotatable bonds is 4. The lowest BCUT2D eigenvalue weighted by atomic mass is 10.1. The molecule has 4 nitrogen and oxygen atoms in total. The number of hydrogen-bond donors (Lipinski definition) is 0. The van der Waals surface area contributed by atoms with Gasteiger partial charge in [0.1, 0.15) is 5.78 Å². The highest BCUT2D eigenvalue weighted by atomic mass is 32.2. The minimum absolute atomic E-state index is 0.101. The van der Waals surface area contributed by atoms with Crippen molar-refractivity contribution in [3.8, 4) is 0 Å². The monoisotopic (exact) mass is 347 g/mol. The van der Waals surface area contributed by atoms with Crippen molar-refractivity contribution in [2.75, 3.05) is 0 Å². The first kappa shape index (κ1) is 15.8. The molecule has 0 saturated heterocycles. The summed E-state index contributed by atoms with van der Waals surface area (Å²) in [5.41, 5.74) is 4.00. The maximum Gasteiger partial charge on any atom is 0.197 e. The third-order valence-corrected chi connectivity index (χ3v) is 5.58. The van der Waals surface area contributed by atoms with Gasteiger partial charge in [0, 0.05) is 5.39 Å². The number of benzene rings is 2. The summed E-state index contributed by atoms with van der Waals surface area (Å²) in [5.74, 6) is 0.101. The molecule has 0 radical (unpaired) electrons. The largest absolute Gasteiger partial charge is 0.298 e. The van der Waals surface area contributed by atoms with Crippen molar-refractivity contribution < 1.29 is 4.79 Å². The number of para-hydroxylation sites is 1. The van der Waals surface area contributed by atoms with Gasteiger partial charge in [-0.15, -0.1) is 10.2 Å². The maximum atomic E-state index is 12.2. The molecule has 4 rings (SSSR count). The van der Waals surface area contributed by atoms with Crippen LogP contribution in [0.25, 0.3) is 16.6 Å². The van der Waals surface area contributed by atoms with Crippen molar-refractivity contribution in [3.05, 3.63) is 71.8 Å². The number of Topliss-reactive ketones (excluding diaryl/α,β-unsaturated/α-hetero) is 1. The summed E-state index contributed by atoms with van der Waals surface area (Å²) in [7, 11) is 0. The zero-order valence-electron chi connectivity index (χ0n) is 14.0. The van der Waals surface area contributed by atoms with Crippen LogP contribution in [0.2, 0.25) is 0 Å². The minimum Gasteiger partial charge on any atom is -0.298 e. The summed E-state index contributed by atoms with van der Waals surface area (Å²) in [5, 5.41) is 10.3. The molecule has 0 spiro atoms. The Hall–Kier alpha value is -2.66. The van der Waals surface area contributed by atoms with Crippen molar-refractivity contribution in [3.63, 3.8) is 0 Å². The molecule has 0 bridgehead atoms. The lowest BCUT2D eigenvalue weighted by Gasteiger charge is -2.13. The van der Waals surface area contributed by atoms with Crippen molar-refractivity contribution in [2.45, 2.75) is 24.3 Å². The number of ketones is 1. The van der Waals surface area contributed by atoms with Gasteiger partial charge >= 0.3 is 0 Å². The standard InChI is InChI=1S/C20H17N3OS/c1-13-12-18-21-22-20(23(18)17-11-7-6-10-16(13)17)25-19(14(2)24)15-8-4-3-5-9-15/h3-12,19H,1-2H3. The van der Waals surface area contributed by atoms with Gasteiger partial charge < -0.3 is 0 Å². The van der Waals surface area contributed by atoms with E-state index >= 15 is 0 Å². The van der Waals surface area contributed by atoms with Gasteiger partial charge in [-0.05, 0) is 37.1 Å². The first-order valence-electron chi connectivity index (χ1n) is 8.10. The average molecular weight is 347 g/mol. The van der Waals surface area contributed by atoms with Gasteiger partial charge in [0.25, 0.3) is 0 Å².